The van der Waals surface area contributed by atoms with Crippen LogP contribution in [0.15, 0.2) is 0 Å². The molecule has 1 aliphatic rings. The molecule has 0 aromatic rings. The summed E-state index contributed by atoms with van der Waals surface area (Å²) in [5, 5.41) is 3.84. The Labute approximate surface area is 96.0 Å². The summed E-state index contributed by atoms with van der Waals surface area (Å²) in [6, 6.07) is 1.49. The van der Waals surface area contributed by atoms with Crippen molar-refractivity contribution < 1.29 is 0 Å². The van der Waals surface area contributed by atoms with Gasteiger partial charge >= 0.3 is 0 Å². The molecule has 0 spiro atoms. The molecule has 0 amide bonds. The zero-order chi connectivity index (χ0) is 11.5. The maximum absolute atomic E-state index is 3.84. The monoisotopic (exact) mass is 211 g/mol. The maximum Gasteiger partial charge on any atom is 0.00772 e. The van der Waals surface area contributed by atoms with Crippen LogP contribution in [0.4, 0.5) is 0 Å². The summed E-state index contributed by atoms with van der Waals surface area (Å²) in [4.78, 5) is 0. The van der Waals surface area contributed by atoms with Crippen molar-refractivity contribution >= 4 is 0 Å². The van der Waals surface area contributed by atoms with E-state index in [-0.39, 0.29) is 0 Å². The van der Waals surface area contributed by atoms with Crippen LogP contribution in [0.3, 0.4) is 0 Å². The molecular weight excluding hydrogens is 182 g/mol. The van der Waals surface area contributed by atoms with E-state index in [0.717, 1.165) is 18.0 Å². The minimum absolute atomic E-state index is 0.543. The van der Waals surface area contributed by atoms with E-state index in [1.54, 1.807) is 0 Å². The molecule has 1 heteroatoms. The lowest BCUT2D eigenvalue weighted by Gasteiger charge is -2.40. The molecule has 0 bridgehead atoms. The molecule has 1 saturated carbocycles. The molecule has 1 nitrogen and oxygen atoms in total. The lowest BCUT2D eigenvalue weighted by Crippen LogP contribution is -2.44. The largest absolute Gasteiger partial charge is 0.311 e. The van der Waals surface area contributed by atoms with Gasteiger partial charge in [0.25, 0.3) is 0 Å². The van der Waals surface area contributed by atoms with Gasteiger partial charge in [-0.3, -0.25) is 0 Å². The van der Waals surface area contributed by atoms with Gasteiger partial charge in [0.1, 0.15) is 0 Å². The van der Waals surface area contributed by atoms with Crippen LogP contribution < -0.4 is 5.32 Å². The van der Waals surface area contributed by atoms with E-state index in [9.17, 15) is 0 Å². The third kappa shape index (κ3) is 4.14. The molecular formula is C14H29N. The highest BCUT2D eigenvalue weighted by Gasteiger charge is 2.32. The van der Waals surface area contributed by atoms with E-state index < -0.39 is 0 Å². The Morgan fingerprint density at radius 3 is 2.27 bits per heavy atom. The first-order valence-corrected chi connectivity index (χ1v) is 6.73. The highest BCUT2D eigenvalue weighted by Crippen LogP contribution is 2.38. The topological polar surface area (TPSA) is 12.0 Å². The molecule has 15 heavy (non-hydrogen) atoms. The molecule has 0 radical (unpaired) electrons. The van der Waals surface area contributed by atoms with Crippen molar-refractivity contribution in [1.82, 2.24) is 5.32 Å². The quantitative estimate of drug-likeness (QED) is 0.741. The molecule has 1 fully saturated rings. The Hall–Kier alpha value is -0.0400. The van der Waals surface area contributed by atoms with Crippen LogP contribution in [-0.2, 0) is 0 Å². The van der Waals surface area contributed by atoms with Gasteiger partial charge in [0.2, 0.25) is 0 Å². The Morgan fingerprint density at radius 1 is 1.20 bits per heavy atom. The molecule has 1 aliphatic carbocycles. The van der Waals surface area contributed by atoms with Crippen LogP contribution in [0.5, 0.6) is 0 Å². The molecule has 90 valence electrons. The first kappa shape index (κ1) is 13.0. The van der Waals surface area contributed by atoms with E-state index in [1.165, 1.54) is 32.1 Å². The SMILES string of the molecule is CCC(CC)NC1CC(C)CC(C)(C)C1. The zero-order valence-electron chi connectivity index (χ0n) is 11.3. The van der Waals surface area contributed by atoms with Crippen LogP contribution in [0.2, 0.25) is 0 Å². The average molecular weight is 211 g/mol. The summed E-state index contributed by atoms with van der Waals surface area (Å²) in [5.41, 5.74) is 0.543. The second-order valence-electron chi connectivity index (χ2n) is 6.29. The molecule has 2 unspecified atom stereocenters. The zero-order valence-corrected chi connectivity index (χ0v) is 11.3. The van der Waals surface area contributed by atoms with Gasteiger partial charge < -0.3 is 5.32 Å². The summed E-state index contributed by atoms with van der Waals surface area (Å²) in [7, 11) is 0. The van der Waals surface area contributed by atoms with Crippen LogP contribution in [0.1, 0.15) is 66.7 Å². The van der Waals surface area contributed by atoms with Crippen molar-refractivity contribution in [1.29, 1.82) is 0 Å². The van der Waals surface area contributed by atoms with Crippen LogP contribution in [-0.4, -0.2) is 12.1 Å². The number of hydrogen-bond donors (Lipinski definition) is 1. The van der Waals surface area contributed by atoms with Gasteiger partial charge in [-0.25, -0.2) is 0 Å². The van der Waals surface area contributed by atoms with Gasteiger partial charge in [-0.1, -0.05) is 34.6 Å². The Bertz CT molecular complexity index is 182. The van der Waals surface area contributed by atoms with Gasteiger partial charge in [0, 0.05) is 12.1 Å². The van der Waals surface area contributed by atoms with Crippen LogP contribution in [0, 0.1) is 11.3 Å². The fourth-order valence-corrected chi connectivity index (χ4v) is 3.33. The summed E-state index contributed by atoms with van der Waals surface area (Å²) >= 11 is 0. The predicted molar refractivity (Wildman–Crippen MR) is 68.1 cm³/mol. The first-order chi connectivity index (χ1) is 6.96. The summed E-state index contributed by atoms with van der Waals surface area (Å²) in [5.74, 6) is 0.889. The normalized spacial score (nSPS) is 30.8. The van der Waals surface area contributed by atoms with Gasteiger partial charge in [0.15, 0.2) is 0 Å². The number of nitrogens with one attached hydrogen (secondary N) is 1. The minimum atomic E-state index is 0.543. The lowest BCUT2D eigenvalue weighted by atomic mass is 9.70. The molecule has 0 saturated heterocycles. The molecule has 0 aliphatic heterocycles. The standard InChI is InChI=1S/C14H29N/c1-6-12(7-2)15-13-8-11(3)9-14(4,5)10-13/h11-13,15H,6-10H2,1-5H3. The van der Waals surface area contributed by atoms with Gasteiger partial charge in [-0.15, -0.1) is 0 Å². The highest BCUT2D eigenvalue weighted by atomic mass is 15.0. The molecule has 1 rings (SSSR count). The van der Waals surface area contributed by atoms with E-state index in [1.807, 2.05) is 0 Å². The van der Waals surface area contributed by atoms with E-state index in [2.05, 4.69) is 39.9 Å². The molecule has 0 heterocycles. The fourth-order valence-electron chi connectivity index (χ4n) is 3.33. The van der Waals surface area contributed by atoms with E-state index in [4.69, 9.17) is 0 Å². The third-order valence-corrected chi connectivity index (χ3v) is 3.84. The molecule has 1 N–H and O–H groups in total. The average Bonchev–Trinajstić information content (AvgIpc) is 2.10. The van der Waals surface area contributed by atoms with Crippen molar-refractivity contribution in [2.75, 3.05) is 0 Å². The van der Waals surface area contributed by atoms with Crippen molar-refractivity contribution in [3.05, 3.63) is 0 Å². The first-order valence-electron chi connectivity index (χ1n) is 6.73. The van der Waals surface area contributed by atoms with Crippen molar-refractivity contribution in [3.8, 4) is 0 Å². The number of rotatable bonds is 4. The second-order valence-corrected chi connectivity index (χ2v) is 6.29. The van der Waals surface area contributed by atoms with Gasteiger partial charge in [-0.05, 0) is 43.4 Å². The van der Waals surface area contributed by atoms with Crippen LogP contribution in [0.25, 0.3) is 0 Å². The van der Waals surface area contributed by atoms with Crippen molar-refractivity contribution in [2.45, 2.75) is 78.8 Å². The summed E-state index contributed by atoms with van der Waals surface area (Å²) < 4.78 is 0. The summed E-state index contributed by atoms with van der Waals surface area (Å²) in [6.07, 6.45) is 6.66. The Morgan fingerprint density at radius 2 is 1.80 bits per heavy atom. The fraction of sp³-hybridized carbons (Fsp3) is 1.00. The van der Waals surface area contributed by atoms with E-state index in [0.29, 0.717) is 5.41 Å². The van der Waals surface area contributed by atoms with Gasteiger partial charge in [0.05, 0.1) is 0 Å². The van der Waals surface area contributed by atoms with E-state index >= 15 is 0 Å². The van der Waals surface area contributed by atoms with Gasteiger partial charge in [-0.2, -0.15) is 0 Å². The minimum Gasteiger partial charge on any atom is -0.311 e. The Kier molecular flexibility index (Phi) is 4.64. The van der Waals surface area contributed by atoms with Crippen molar-refractivity contribution in [2.24, 2.45) is 11.3 Å². The van der Waals surface area contributed by atoms with Crippen LogP contribution >= 0.6 is 0 Å². The molecule has 0 aromatic heterocycles. The number of hydrogen-bond acceptors (Lipinski definition) is 1. The summed E-state index contributed by atoms with van der Waals surface area (Å²) in [6.45, 7) is 11.8. The molecule has 0 aromatic carbocycles. The third-order valence-electron chi connectivity index (χ3n) is 3.84. The molecule has 2 atom stereocenters. The predicted octanol–water partition coefficient (Wildman–Crippen LogP) is 3.98. The lowest BCUT2D eigenvalue weighted by molar-refractivity contribution is 0.143. The smallest absolute Gasteiger partial charge is 0.00772 e. The highest BCUT2D eigenvalue weighted by molar-refractivity contribution is 4.87. The maximum atomic E-state index is 3.84. The van der Waals surface area contributed by atoms with Crippen molar-refractivity contribution in [3.63, 3.8) is 0 Å². The second kappa shape index (κ2) is 5.34. The Balaban J connectivity index is 2.47.